The third kappa shape index (κ3) is 5.69. The molecular weight excluding hydrogens is 366 g/mol. The smallest absolute Gasteiger partial charge is 0.338 e. The van der Waals surface area contributed by atoms with Crippen LogP contribution in [0.3, 0.4) is 0 Å². The molecule has 0 heterocycles. The molecule has 0 aliphatic heterocycles. The van der Waals surface area contributed by atoms with E-state index in [1.165, 1.54) is 0 Å². The van der Waals surface area contributed by atoms with E-state index in [0.717, 1.165) is 11.1 Å². The first-order valence-corrected chi connectivity index (χ1v) is 9.31. The van der Waals surface area contributed by atoms with Crippen molar-refractivity contribution in [3.05, 3.63) is 95.6 Å². The summed E-state index contributed by atoms with van der Waals surface area (Å²) in [6.07, 6.45) is 0. The van der Waals surface area contributed by atoms with E-state index in [-0.39, 0.29) is 12.5 Å². The van der Waals surface area contributed by atoms with Crippen molar-refractivity contribution in [3.63, 3.8) is 0 Å². The summed E-state index contributed by atoms with van der Waals surface area (Å²) >= 11 is 0. The molecular formula is C24H23NO4. The van der Waals surface area contributed by atoms with Crippen LogP contribution >= 0.6 is 0 Å². The number of rotatable bonds is 7. The van der Waals surface area contributed by atoms with Crippen molar-refractivity contribution >= 4 is 11.9 Å². The van der Waals surface area contributed by atoms with Crippen LogP contribution in [-0.2, 0) is 16.1 Å². The molecule has 3 aromatic carbocycles. The standard InChI is InChI=1S/C24H23NO4/c1-18-8-6-7-9-20(18)16-25(2)23(26)17-28-24(27)19-12-14-22(15-13-19)29-21-10-4-3-5-11-21/h3-15H,16-17H2,1-2H3. The van der Waals surface area contributed by atoms with E-state index in [4.69, 9.17) is 9.47 Å². The molecule has 3 rings (SSSR count). The number of para-hydroxylation sites is 1. The van der Waals surface area contributed by atoms with Gasteiger partial charge >= 0.3 is 5.97 Å². The van der Waals surface area contributed by atoms with E-state index in [9.17, 15) is 9.59 Å². The van der Waals surface area contributed by atoms with Crippen molar-refractivity contribution < 1.29 is 19.1 Å². The lowest BCUT2D eigenvalue weighted by atomic mass is 10.1. The zero-order chi connectivity index (χ0) is 20.6. The second kappa shape index (κ2) is 9.55. The minimum atomic E-state index is -0.547. The van der Waals surface area contributed by atoms with E-state index >= 15 is 0 Å². The van der Waals surface area contributed by atoms with Gasteiger partial charge in [-0.1, -0.05) is 42.5 Å². The molecule has 1 amide bonds. The number of carbonyl (C=O) groups excluding carboxylic acids is 2. The van der Waals surface area contributed by atoms with Crippen LogP contribution in [0, 0.1) is 6.92 Å². The SMILES string of the molecule is Cc1ccccc1CN(C)C(=O)COC(=O)c1ccc(Oc2ccccc2)cc1. The Kier molecular flexibility index (Phi) is 6.63. The fourth-order valence-electron chi connectivity index (χ4n) is 2.74. The average molecular weight is 389 g/mol. The molecule has 0 bridgehead atoms. The van der Waals surface area contributed by atoms with Crippen molar-refractivity contribution in [3.8, 4) is 11.5 Å². The van der Waals surface area contributed by atoms with Gasteiger partial charge in [-0.15, -0.1) is 0 Å². The highest BCUT2D eigenvalue weighted by atomic mass is 16.5. The molecule has 0 aliphatic carbocycles. The van der Waals surface area contributed by atoms with Crippen LogP contribution in [0.2, 0.25) is 0 Å². The molecule has 5 heteroatoms. The lowest BCUT2D eigenvalue weighted by Crippen LogP contribution is -2.31. The Morgan fingerprint density at radius 2 is 1.45 bits per heavy atom. The van der Waals surface area contributed by atoms with Crippen molar-refractivity contribution in [2.75, 3.05) is 13.7 Å². The first kappa shape index (κ1) is 20.1. The van der Waals surface area contributed by atoms with E-state index in [2.05, 4.69) is 0 Å². The summed E-state index contributed by atoms with van der Waals surface area (Å²) in [6, 6.07) is 23.8. The summed E-state index contributed by atoms with van der Waals surface area (Å²) < 4.78 is 10.9. The summed E-state index contributed by atoms with van der Waals surface area (Å²) in [7, 11) is 1.69. The summed E-state index contributed by atoms with van der Waals surface area (Å²) in [5, 5.41) is 0. The number of esters is 1. The number of hydrogen-bond acceptors (Lipinski definition) is 4. The largest absolute Gasteiger partial charge is 0.457 e. The first-order valence-electron chi connectivity index (χ1n) is 9.31. The van der Waals surface area contributed by atoms with Crippen molar-refractivity contribution in [2.45, 2.75) is 13.5 Å². The molecule has 0 atom stereocenters. The van der Waals surface area contributed by atoms with Crippen molar-refractivity contribution in [1.29, 1.82) is 0 Å². The van der Waals surface area contributed by atoms with Gasteiger partial charge in [-0.2, -0.15) is 0 Å². The number of amides is 1. The normalized spacial score (nSPS) is 10.3. The molecule has 5 nitrogen and oxygen atoms in total. The maximum absolute atomic E-state index is 12.3. The van der Waals surface area contributed by atoms with Crippen LogP contribution in [0.25, 0.3) is 0 Å². The van der Waals surface area contributed by atoms with Crippen LogP contribution in [-0.4, -0.2) is 30.4 Å². The van der Waals surface area contributed by atoms with Crippen LogP contribution in [0.1, 0.15) is 21.5 Å². The van der Waals surface area contributed by atoms with Gasteiger partial charge < -0.3 is 14.4 Å². The highest BCUT2D eigenvalue weighted by Crippen LogP contribution is 2.21. The van der Waals surface area contributed by atoms with Gasteiger partial charge in [-0.3, -0.25) is 4.79 Å². The molecule has 3 aromatic rings. The van der Waals surface area contributed by atoms with E-state index in [1.54, 1.807) is 36.2 Å². The predicted molar refractivity (Wildman–Crippen MR) is 111 cm³/mol. The van der Waals surface area contributed by atoms with Gasteiger partial charge in [-0.25, -0.2) is 4.79 Å². The second-order valence-electron chi connectivity index (χ2n) is 6.69. The molecule has 0 spiro atoms. The van der Waals surface area contributed by atoms with Gasteiger partial charge in [0.1, 0.15) is 11.5 Å². The zero-order valence-corrected chi connectivity index (χ0v) is 16.5. The predicted octanol–water partition coefficient (Wildman–Crippen LogP) is 4.60. The highest BCUT2D eigenvalue weighted by molar-refractivity contribution is 5.91. The number of ether oxygens (including phenoxy) is 2. The average Bonchev–Trinajstić information content (AvgIpc) is 2.74. The van der Waals surface area contributed by atoms with Gasteiger partial charge in [0.25, 0.3) is 5.91 Å². The van der Waals surface area contributed by atoms with Crippen LogP contribution in [0.5, 0.6) is 11.5 Å². The molecule has 0 fully saturated rings. The van der Waals surface area contributed by atoms with Gasteiger partial charge in [0.05, 0.1) is 5.56 Å². The van der Waals surface area contributed by atoms with E-state index in [1.807, 2.05) is 61.5 Å². The Morgan fingerprint density at radius 3 is 2.14 bits per heavy atom. The molecule has 0 saturated heterocycles. The molecule has 0 unspecified atom stereocenters. The topological polar surface area (TPSA) is 55.8 Å². The fraction of sp³-hybridized carbons (Fsp3) is 0.167. The molecule has 0 radical (unpaired) electrons. The summed E-state index contributed by atoms with van der Waals surface area (Å²) in [5.74, 6) is 0.520. The molecule has 0 saturated carbocycles. The summed E-state index contributed by atoms with van der Waals surface area (Å²) in [5.41, 5.74) is 2.53. The van der Waals surface area contributed by atoms with E-state index < -0.39 is 5.97 Å². The fourth-order valence-corrected chi connectivity index (χ4v) is 2.74. The maximum atomic E-state index is 12.3. The third-order valence-corrected chi connectivity index (χ3v) is 4.49. The Balaban J connectivity index is 1.50. The van der Waals surface area contributed by atoms with Gasteiger partial charge in [0.2, 0.25) is 0 Å². The molecule has 0 N–H and O–H groups in total. The Hall–Kier alpha value is -3.60. The third-order valence-electron chi connectivity index (χ3n) is 4.49. The van der Waals surface area contributed by atoms with E-state index in [0.29, 0.717) is 23.6 Å². The molecule has 148 valence electrons. The number of likely N-dealkylation sites (N-methyl/N-ethyl adjacent to an activating group) is 1. The highest BCUT2D eigenvalue weighted by Gasteiger charge is 2.14. The minimum absolute atomic E-state index is 0.259. The summed E-state index contributed by atoms with van der Waals surface area (Å²) in [6.45, 7) is 2.16. The summed E-state index contributed by atoms with van der Waals surface area (Å²) in [4.78, 5) is 26.0. The monoisotopic (exact) mass is 389 g/mol. The van der Waals surface area contributed by atoms with Crippen LogP contribution in [0.15, 0.2) is 78.9 Å². The van der Waals surface area contributed by atoms with Crippen molar-refractivity contribution in [2.24, 2.45) is 0 Å². The Morgan fingerprint density at radius 1 is 0.828 bits per heavy atom. The maximum Gasteiger partial charge on any atom is 0.338 e. The quantitative estimate of drug-likeness (QED) is 0.554. The number of hydrogen-bond donors (Lipinski definition) is 0. The van der Waals surface area contributed by atoms with Gasteiger partial charge in [-0.05, 0) is 54.4 Å². The Labute approximate surface area is 170 Å². The van der Waals surface area contributed by atoms with Gasteiger partial charge in [0.15, 0.2) is 6.61 Å². The zero-order valence-electron chi connectivity index (χ0n) is 16.5. The second-order valence-corrected chi connectivity index (χ2v) is 6.69. The van der Waals surface area contributed by atoms with Crippen LogP contribution in [0.4, 0.5) is 0 Å². The number of aryl methyl sites for hydroxylation is 1. The lowest BCUT2D eigenvalue weighted by molar-refractivity contribution is -0.133. The Bertz CT molecular complexity index is 968. The number of nitrogens with zero attached hydrogens (tertiary/aromatic N) is 1. The minimum Gasteiger partial charge on any atom is -0.457 e. The molecule has 0 aliphatic rings. The number of benzene rings is 3. The number of carbonyl (C=O) groups is 2. The van der Waals surface area contributed by atoms with Crippen LogP contribution < -0.4 is 4.74 Å². The van der Waals surface area contributed by atoms with Gasteiger partial charge in [0, 0.05) is 13.6 Å². The van der Waals surface area contributed by atoms with Crippen molar-refractivity contribution in [1.82, 2.24) is 4.90 Å². The molecule has 0 aromatic heterocycles. The molecule has 29 heavy (non-hydrogen) atoms. The lowest BCUT2D eigenvalue weighted by Gasteiger charge is -2.18. The first-order chi connectivity index (χ1) is 14.0.